The van der Waals surface area contributed by atoms with E-state index in [1.54, 1.807) is 12.1 Å². The fourth-order valence-corrected chi connectivity index (χ4v) is 2.57. The number of aromatic nitrogens is 4. The van der Waals surface area contributed by atoms with Gasteiger partial charge in [0.1, 0.15) is 11.3 Å². The predicted octanol–water partition coefficient (Wildman–Crippen LogP) is 2.04. The number of nitrogens with zero attached hydrogens (tertiary/aromatic N) is 3. The minimum absolute atomic E-state index is 0.132. The average molecular weight is 317 g/mol. The van der Waals surface area contributed by atoms with Gasteiger partial charge in [-0.05, 0) is 18.2 Å². The second kappa shape index (κ2) is 6.10. The maximum atomic E-state index is 13.3. The number of aromatic amines is 1. The van der Waals surface area contributed by atoms with Gasteiger partial charge in [-0.1, -0.05) is 17.8 Å². The third kappa shape index (κ3) is 2.91. The highest BCUT2D eigenvalue weighted by Crippen LogP contribution is 2.24. The highest BCUT2D eigenvalue weighted by Gasteiger charge is 2.11. The molecule has 0 aliphatic heterocycles. The summed E-state index contributed by atoms with van der Waals surface area (Å²) in [7, 11) is 0. The molecule has 112 valence electrons. The van der Waals surface area contributed by atoms with Gasteiger partial charge in [-0.2, -0.15) is 0 Å². The summed E-state index contributed by atoms with van der Waals surface area (Å²) in [5.41, 5.74) is 1.77. The largest absolute Gasteiger partial charge is 0.352 e. The van der Waals surface area contributed by atoms with Crippen molar-refractivity contribution in [2.75, 3.05) is 12.3 Å². The molecule has 1 aromatic carbocycles. The lowest BCUT2D eigenvalue weighted by atomic mass is 10.2. The molecule has 3 rings (SSSR count). The number of fused-ring (bicyclic) bond motifs is 3. The molecule has 1 amide bonds. The van der Waals surface area contributed by atoms with E-state index in [-0.39, 0.29) is 17.5 Å². The number of rotatable bonds is 5. The van der Waals surface area contributed by atoms with E-state index in [9.17, 15) is 9.18 Å². The summed E-state index contributed by atoms with van der Waals surface area (Å²) in [5, 5.41) is 11.7. The van der Waals surface area contributed by atoms with Gasteiger partial charge in [-0.3, -0.25) is 4.79 Å². The molecule has 0 bridgehead atoms. The topological polar surface area (TPSA) is 83.6 Å². The first kappa shape index (κ1) is 14.5. The first-order valence-electron chi connectivity index (χ1n) is 6.49. The van der Waals surface area contributed by atoms with E-state index in [0.29, 0.717) is 28.3 Å². The molecule has 0 fully saturated rings. The van der Waals surface area contributed by atoms with Crippen molar-refractivity contribution in [3.63, 3.8) is 0 Å². The van der Waals surface area contributed by atoms with Crippen LogP contribution in [-0.4, -0.2) is 38.4 Å². The van der Waals surface area contributed by atoms with Gasteiger partial charge in [0.2, 0.25) is 11.1 Å². The molecule has 2 heterocycles. The van der Waals surface area contributed by atoms with Crippen LogP contribution in [0.25, 0.3) is 22.1 Å². The summed E-state index contributed by atoms with van der Waals surface area (Å²) in [5.74, 6) is -0.282. The van der Waals surface area contributed by atoms with E-state index in [4.69, 9.17) is 0 Å². The average Bonchev–Trinajstić information content (AvgIpc) is 2.88. The van der Waals surface area contributed by atoms with Crippen LogP contribution in [0, 0.1) is 5.82 Å². The van der Waals surface area contributed by atoms with Gasteiger partial charge in [0.25, 0.3) is 0 Å². The van der Waals surface area contributed by atoms with E-state index in [0.717, 1.165) is 5.52 Å². The van der Waals surface area contributed by atoms with Crippen molar-refractivity contribution >= 4 is 39.7 Å². The van der Waals surface area contributed by atoms with Gasteiger partial charge < -0.3 is 10.3 Å². The molecule has 2 N–H and O–H groups in total. The summed E-state index contributed by atoms with van der Waals surface area (Å²) < 4.78 is 13.3. The minimum atomic E-state index is -0.340. The molecule has 6 nitrogen and oxygen atoms in total. The molecular weight excluding hydrogens is 305 g/mol. The highest BCUT2D eigenvalue weighted by molar-refractivity contribution is 7.99. The zero-order valence-electron chi connectivity index (χ0n) is 11.5. The van der Waals surface area contributed by atoms with Crippen molar-refractivity contribution in [1.82, 2.24) is 25.5 Å². The molecule has 22 heavy (non-hydrogen) atoms. The van der Waals surface area contributed by atoms with E-state index in [1.807, 2.05) is 0 Å². The van der Waals surface area contributed by atoms with Gasteiger partial charge in [0, 0.05) is 17.4 Å². The lowest BCUT2D eigenvalue weighted by Gasteiger charge is -2.00. The zero-order chi connectivity index (χ0) is 15.5. The second-order valence-corrected chi connectivity index (χ2v) is 5.43. The monoisotopic (exact) mass is 317 g/mol. The van der Waals surface area contributed by atoms with Crippen molar-refractivity contribution in [1.29, 1.82) is 0 Å². The number of hydrogen-bond acceptors (Lipinski definition) is 5. The summed E-state index contributed by atoms with van der Waals surface area (Å²) >= 11 is 1.18. The Hall–Kier alpha value is -2.48. The van der Waals surface area contributed by atoms with Crippen molar-refractivity contribution in [2.24, 2.45) is 0 Å². The van der Waals surface area contributed by atoms with Crippen LogP contribution in [0.1, 0.15) is 0 Å². The quantitative estimate of drug-likeness (QED) is 0.556. The van der Waals surface area contributed by atoms with Gasteiger partial charge in [-0.15, -0.1) is 16.8 Å². The third-order valence-corrected chi connectivity index (χ3v) is 3.77. The van der Waals surface area contributed by atoms with Crippen LogP contribution in [0.3, 0.4) is 0 Å². The molecule has 0 radical (unpaired) electrons. The maximum Gasteiger partial charge on any atom is 0.230 e. The van der Waals surface area contributed by atoms with E-state index < -0.39 is 0 Å². The molecule has 2 aromatic heterocycles. The van der Waals surface area contributed by atoms with Gasteiger partial charge in [0.15, 0.2) is 5.65 Å². The fraction of sp³-hybridized carbons (Fsp3) is 0.143. The number of benzene rings is 1. The lowest BCUT2D eigenvalue weighted by molar-refractivity contribution is -0.118. The number of carbonyl (C=O) groups excluding carboxylic acids is 1. The van der Waals surface area contributed by atoms with E-state index >= 15 is 0 Å². The number of hydrogen-bond donors (Lipinski definition) is 2. The minimum Gasteiger partial charge on any atom is -0.352 e. The molecule has 0 aliphatic carbocycles. The molecular formula is C14H12FN5OS. The molecule has 8 heteroatoms. The molecule has 0 spiro atoms. The van der Waals surface area contributed by atoms with Crippen molar-refractivity contribution in [3.8, 4) is 0 Å². The predicted molar refractivity (Wildman–Crippen MR) is 83.1 cm³/mol. The first-order valence-corrected chi connectivity index (χ1v) is 7.48. The Balaban J connectivity index is 1.82. The van der Waals surface area contributed by atoms with Crippen LogP contribution < -0.4 is 5.32 Å². The SMILES string of the molecule is C=CCNC(=O)CSc1nnc2c(n1)[nH]c1ccc(F)cc12. The Kier molecular flexibility index (Phi) is 4.01. The number of nitrogens with one attached hydrogen (secondary N) is 2. The lowest BCUT2D eigenvalue weighted by Crippen LogP contribution is -2.25. The molecule has 0 atom stereocenters. The van der Waals surface area contributed by atoms with Crippen LogP contribution in [0.4, 0.5) is 4.39 Å². The van der Waals surface area contributed by atoms with Gasteiger partial charge in [-0.25, -0.2) is 9.37 Å². The van der Waals surface area contributed by atoms with Crippen LogP contribution in [-0.2, 0) is 4.79 Å². The molecule has 3 aromatic rings. The van der Waals surface area contributed by atoms with Crippen molar-refractivity contribution in [3.05, 3.63) is 36.7 Å². The van der Waals surface area contributed by atoms with Crippen molar-refractivity contribution in [2.45, 2.75) is 5.16 Å². The number of H-pyrrole nitrogens is 1. The highest BCUT2D eigenvalue weighted by atomic mass is 32.2. The Morgan fingerprint density at radius 1 is 1.45 bits per heavy atom. The van der Waals surface area contributed by atoms with Gasteiger partial charge in [0.05, 0.1) is 5.75 Å². The zero-order valence-corrected chi connectivity index (χ0v) is 12.3. The van der Waals surface area contributed by atoms with Crippen LogP contribution >= 0.6 is 11.8 Å². The molecule has 0 saturated heterocycles. The van der Waals surface area contributed by atoms with Crippen LogP contribution in [0.2, 0.25) is 0 Å². The second-order valence-electron chi connectivity index (χ2n) is 4.49. The third-order valence-electron chi connectivity index (χ3n) is 2.93. The van der Waals surface area contributed by atoms with Crippen LogP contribution in [0.15, 0.2) is 36.0 Å². The Labute approximate surface area is 129 Å². The number of amides is 1. The molecule has 0 saturated carbocycles. The molecule has 0 aliphatic rings. The normalized spacial score (nSPS) is 11.0. The number of carbonyl (C=O) groups is 1. The summed E-state index contributed by atoms with van der Waals surface area (Å²) in [4.78, 5) is 18.9. The Morgan fingerprint density at radius 2 is 2.32 bits per heavy atom. The molecule has 0 unspecified atom stereocenters. The smallest absolute Gasteiger partial charge is 0.230 e. The summed E-state index contributed by atoms with van der Waals surface area (Å²) in [6.07, 6.45) is 1.61. The van der Waals surface area contributed by atoms with Crippen molar-refractivity contribution < 1.29 is 9.18 Å². The standard InChI is InChI=1S/C14H12FN5OS/c1-2-5-16-11(21)7-22-14-18-13-12(19-20-14)9-6-8(15)3-4-10(9)17-13/h2-4,6H,1,5,7H2,(H,16,21)(H,17,18,20). The van der Waals surface area contributed by atoms with E-state index in [1.165, 1.54) is 23.9 Å². The maximum absolute atomic E-state index is 13.3. The fourth-order valence-electron chi connectivity index (χ4n) is 1.96. The number of thioether (sulfide) groups is 1. The van der Waals surface area contributed by atoms with Gasteiger partial charge >= 0.3 is 0 Å². The first-order chi connectivity index (χ1) is 10.7. The Bertz CT molecular complexity index is 863. The Morgan fingerprint density at radius 3 is 3.14 bits per heavy atom. The summed E-state index contributed by atoms with van der Waals surface area (Å²) in [6.45, 7) is 3.95. The van der Waals surface area contributed by atoms with Crippen LogP contribution in [0.5, 0.6) is 0 Å². The number of halogens is 1. The van der Waals surface area contributed by atoms with E-state index in [2.05, 4.69) is 32.1 Å². The summed E-state index contributed by atoms with van der Waals surface area (Å²) in [6, 6.07) is 4.38.